The Morgan fingerprint density at radius 3 is 2.45 bits per heavy atom. The molecule has 1 fully saturated rings. The number of carbonyl (C=O) groups is 1. The van der Waals surface area contributed by atoms with Gasteiger partial charge in [0.15, 0.2) is 0 Å². The molecule has 2 heterocycles. The fourth-order valence-electron chi connectivity index (χ4n) is 4.18. The molecule has 1 aliphatic rings. The number of nitrogens with one attached hydrogen (secondary N) is 1. The van der Waals surface area contributed by atoms with Crippen LogP contribution in [0.4, 0.5) is 11.4 Å². The van der Waals surface area contributed by atoms with E-state index in [4.69, 9.17) is 13.8 Å². The minimum Gasteiger partial charge on any atom is -0.460 e. The van der Waals surface area contributed by atoms with Crippen molar-refractivity contribution >= 4 is 30.2 Å². The van der Waals surface area contributed by atoms with Crippen LogP contribution in [0.2, 0.25) is 0 Å². The molecule has 4 rings (SSSR count). The second-order valence-corrected chi connectivity index (χ2v) is 11.8. The van der Waals surface area contributed by atoms with E-state index in [1.807, 2.05) is 44.2 Å². The zero-order valence-corrected chi connectivity index (χ0v) is 22.6. The van der Waals surface area contributed by atoms with E-state index in [9.17, 15) is 19.5 Å². The number of hydrogen-bond donors (Lipinski definition) is 1. The van der Waals surface area contributed by atoms with E-state index >= 15 is 0 Å². The maximum Gasteiger partial charge on any atom is 0.363 e. The van der Waals surface area contributed by atoms with Crippen LogP contribution in [-0.2, 0) is 18.3 Å². The van der Waals surface area contributed by atoms with Gasteiger partial charge in [-0.05, 0) is 31.5 Å². The van der Waals surface area contributed by atoms with Crippen molar-refractivity contribution in [2.75, 3.05) is 31.7 Å². The van der Waals surface area contributed by atoms with Gasteiger partial charge in [0, 0.05) is 35.3 Å². The number of hydrogen-bond acceptors (Lipinski definition) is 9. The molecule has 1 aliphatic heterocycles. The first-order chi connectivity index (χ1) is 18.0. The van der Waals surface area contributed by atoms with Gasteiger partial charge in [0.1, 0.15) is 6.61 Å². The number of para-hydroxylation sites is 1. The van der Waals surface area contributed by atoms with Crippen LogP contribution >= 0.6 is 7.60 Å². The molecule has 0 unspecified atom stereocenters. The number of nitro benzene ring substituents is 1. The van der Waals surface area contributed by atoms with E-state index in [2.05, 4.69) is 10.3 Å². The highest BCUT2D eigenvalue weighted by Crippen LogP contribution is 2.55. The summed E-state index contributed by atoms with van der Waals surface area (Å²) in [6.07, 6.45) is 0. The predicted molar refractivity (Wildman–Crippen MR) is 144 cm³/mol. The number of esters is 1. The third-order valence-electron chi connectivity index (χ3n) is 6.04. The van der Waals surface area contributed by atoms with Crippen molar-refractivity contribution in [3.8, 4) is 11.1 Å². The minimum atomic E-state index is -3.94. The molecular weight excluding hydrogens is 509 g/mol. The molecule has 0 saturated carbocycles. The number of nitrogens with zero attached hydrogens (tertiary/aromatic N) is 2. The van der Waals surface area contributed by atoms with Gasteiger partial charge in [-0.15, -0.1) is 0 Å². The average Bonchev–Trinajstić information content (AvgIpc) is 2.88. The number of rotatable bonds is 8. The van der Waals surface area contributed by atoms with E-state index in [-0.39, 0.29) is 47.4 Å². The average molecular weight is 540 g/mol. The summed E-state index contributed by atoms with van der Waals surface area (Å²) in [5, 5.41) is 14.8. The van der Waals surface area contributed by atoms with E-state index in [1.54, 1.807) is 19.9 Å². The minimum absolute atomic E-state index is 0.0452. The number of anilines is 1. The molecule has 10 nitrogen and oxygen atoms in total. The summed E-state index contributed by atoms with van der Waals surface area (Å²) in [5.74, 6) is -0.698. The second-order valence-electron chi connectivity index (χ2n) is 9.83. The van der Waals surface area contributed by atoms with Gasteiger partial charge >= 0.3 is 13.6 Å². The zero-order valence-electron chi connectivity index (χ0n) is 21.7. The fourth-order valence-corrected chi connectivity index (χ4v) is 6.51. The van der Waals surface area contributed by atoms with E-state index in [0.717, 1.165) is 5.69 Å². The molecule has 11 heteroatoms. The third-order valence-corrected chi connectivity index (χ3v) is 8.07. The van der Waals surface area contributed by atoms with Crippen molar-refractivity contribution in [3.05, 3.63) is 81.7 Å². The Kier molecular flexibility index (Phi) is 7.97. The van der Waals surface area contributed by atoms with Crippen LogP contribution < -0.4 is 10.6 Å². The van der Waals surface area contributed by atoms with Gasteiger partial charge in [0.05, 0.1) is 40.4 Å². The normalized spacial score (nSPS) is 16.0. The second kappa shape index (κ2) is 11.0. The SMILES string of the molecule is Cc1nc(C)c(P2(=O)OCC(C)(C)CO2)c(-c2cccc([N+](=O)[O-])c2)c1C(=O)OCCNc1ccccc1. The molecular formula is C27H30N3O7P. The monoisotopic (exact) mass is 539 g/mol. The molecule has 1 aromatic heterocycles. The molecule has 3 aromatic rings. The lowest BCUT2D eigenvalue weighted by atomic mass is 9.97. The summed E-state index contributed by atoms with van der Waals surface area (Å²) in [5.41, 5.74) is 1.57. The third kappa shape index (κ3) is 5.93. The molecule has 0 bridgehead atoms. The van der Waals surface area contributed by atoms with Crippen LogP contribution in [0.25, 0.3) is 11.1 Å². The Bertz CT molecular complexity index is 1400. The van der Waals surface area contributed by atoms with Crippen LogP contribution in [0.3, 0.4) is 0 Å². The van der Waals surface area contributed by atoms with Gasteiger partial charge in [-0.1, -0.05) is 44.2 Å². The standard InChI is InChI=1S/C27H30N3O7P/c1-18-23(26(31)35-14-13-28-21-10-6-5-7-11-21)24(20-9-8-12-22(15-20)30(32)33)25(19(2)29-18)38(34)36-16-27(3,4)17-37-38/h5-12,15,28H,13-14,16-17H2,1-4H3. The summed E-state index contributed by atoms with van der Waals surface area (Å²) in [6, 6.07) is 15.2. The van der Waals surface area contributed by atoms with Crippen molar-refractivity contribution in [1.29, 1.82) is 0 Å². The number of carbonyl (C=O) groups excluding carboxylic acids is 1. The summed E-state index contributed by atoms with van der Waals surface area (Å²) in [7, 11) is -3.94. The first-order valence-corrected chi connectivity index (χ1v) is 13.7. The van der Waals surface area contributed by atoms with E-state index < -0.39 is 18.5 Å². The highest BCUT2D eigenvalue weighted by atomic mass is 31.2. The van der Waals surface area contributed by atoms with Gasteiger partial charge < -0.3 is 19.1 Å². The Morgan fingerprint density at radius 1 is 1.11 bits per heavy atom. The van der Waals surface area contributed by atoms with Crippen molar-refractivity contribution in [1.82, 2.24) is 4.98 Å². The number of aromatic nitrogens is 1. The lowest BCUT2D eigenvalue weighted by Gasteiger charge is -2.35. The number of ether oxygens (including phenoxy) is 1. The van der Waals surface area contributed by atoms with E-state index in [0.29, 0.717) is 23.5 Å². The van der Waals surface area contributed by atoms with Gasteiger partial charge in [0.2, 0.25) is 0 Å². The summed E-state index contributed by atoms with van der Waals surface area (Å²) in [4.78, 5) is 28.9. The smallest absolute Gasteiger partial charge is 0.363 e. The quantitative estimate of drug-likeness (QED) is 0.131. The number of pyridine rings is 1. The van der Waals surface area contributed by atoms with Gasteiger partial charge in [-0.2, -0.15) is 0 Å². The van der Waals surface area contributed by atoms with Crippen LogP contribution in [0.1, 0.15) is 35.6 Å². The number of non-ortho nitro benzene ring substituents is 1. The molecule has 0 aliphatic carbocycles. The maximum absolute atomic E-state index is 14.1. The summed E-state index contributed by atoms with van der Waals surface area (Å²) < 4.78 is 31.3. The summed E-state index contributed by atoms with van der Waals surface area (Å²) >= 11 is 0. The van der Waals surface area contributed by atoms with Crippen LogP contribution in [0.5, 0.6) is 0 Å². The Hall–Kier alpha value is -3.59. The van der Waals surface area contributed by atoms with Crippen molar-refractivity contribution in [3.63, 3.8) is 0 Å². The molecule has 1 N–H and O–H groups in total. The summed E-state index contributed by atoms with van der Waals surface area (Å²) in [6.45, 7) is 7.85. The lowest BCUT2D eigenvalue weighted by Crippen LogP contribution is -2.34. The van der Waals surface area contributed by atoms with Crippen LogP contribution in [0, 0.1) is 29.4 Å². The molecule has 200 valence electrons. The van der Waals surface area contributed by atoms with Crippen molar-refractivity contribution < 1.29 is 28.1 Å². The molecule has 2 aromatic carbocycles. The molecule has 0 radical (unpaired) electrons. The van der Waals surface area contributed by atoms with Crippen LogP contribution in [-0.4, -0.2) is 42.2 Å². The van der Waals surface area contributed by atoms with Crippen molar-refractivity contribution in [2.24, 2.45) is 5.41 Å². The zero-order chi connectivity index (χ0) is 27.5. The molecule has 1 saturated heterocycles. The van der Waals surface area contributed by atoms with Gasteiger partial charge in [0.25, 0.3) is 5.69 Å². The molecule has 38 heavy (non-hydrogen) atoms. The fraction of sp³-hybridized carbons (Fsp3) is 0.333. The highest BCUT2D eigenvalue weighted by Gasteiger charge is 2.43. The Balaban J connectivity index is 1.76. The topological polar surface area (TPSA) is 130 Å². The molecule has 0 spiro atoms. The van der Waals surface area contributed by atoms with Crippen molar-refractivity contribution in [2.45, 2.75) is 27.7 Å². The van der Waals surface area contributed by atoms with Gasteiger partial charge in [-0.25, -0.2) is 4.79 Å². The number of nitro groups is 1. The largest absolute Gasteiger partial charge is 0.460 e. The lowest BCUT2D eigenvalue weighted by molar-refractivity contribution is -0.384. The number of benzene rings is 2. The maximum atomic E-state index is 14.1. The highest BCUT2D eigenvalue weighted by molar-refractivity contribution is 7.62. The molecule has 0 atom stereocenters. The Morgan fingerprint density at radius 2 is 1.79 bits per heavy atom. The first kappa shape index (κ1) is 27.4. The van der Waals surface area contributed by atoms with Crippen LogP contribution in [0.15, 0.2) is 54.6 Å². The Labute approximate surface area is 221 Å². The number of aryl methyl sites for hydroxylation is 2. The van der Waals surface area contributed by atoms with E-state index in [1.165, 1.54) is 18.2 Å². The first-order valence-electron chi connectivity index (χ1n) is 12.1. The predicted octanol–water partition coefficient (Wildman–Crippen LogP) is 5.43. The van der Waals surface area contributed by atoms with Gasteiger partial charge in [-0.3, -0.25) is 19.7 Å². The molecule has 0 amide bonds.